The Morgan fingerprint density at radius 1 is 1.27 bits per heavy atom. The Bertz CT molecular complexity index is 584. The van der Waals surface area contributed by atoms with E-state index in [0.29, 0.717) is 5.92 Å². The van der Waals surface area contributed by atoms with Crippen molar-refractivity contribution in [3.63, 3.8) is 0 Å². The Morgan fingerprint density at radius 2 is 1.96 bits per heavy atom. The van der Waals surface area contributed by atoms with Gasteiger partial charge in [-0.15, -0.1) is 0 Å². The van der Waals surface area contributed by atoms with E-state index in [0.717, 1.165) is 58.5 Å². The minimum atomic E-state index is -0.490. The predicted octanol–water partition coefficient (Wildman–Crippen LogP) is 1.91. The first-order valence-electron chi connectivity index (χ1n) is 10.5. The summed E-state index contributed by atoms with van der Waals surface area (Å²) in [6.07, 6.45) is 4.68. The third-order valence-corrected chi connectivity index (χ3v) is 7.94. The summed E-state index contributed by atoms with van der Waals surface area (Å²) in [5.74, 6) is 0.112. The quantitative estimate of drug-likeness (QED) is 0.614. The number of allylic oxidation sites excluding steroid dienone is 1. The minimum Gasteiger partial charge on any atom is -0.461 e. The zero-order valence-corrected chi connectivity index (χ0v) is 16.5. The lowest BCUT2D eigenvalue weighted by Gasteiger charge is -2.52. The maximum Gasteiger partial charge on any atom is 0.311 e. The molecule has 0 aromatic heterocycles. The van der Waals surface area contributed by atoms with E-state index < -0.39 is 6.10 Å². The SMILES string of the molecule is CCN1CCN(C[C@H]2C(=O)O[C@@H]3CC4=CCC[C@@H](C)[C@@]4(C)[C@H](O)[C@@H]32)CC1. The number of esters is 1. The summed E-state index contributed by atoms with van der Waals surface area (Å²) in [6, 6.07) is 0. The minimum absolute atomic E-state index is 0.0607. The summed E-state index contributed by atoms with van der Waals surface area (Å²) in [5.41, 5.74) is 1.11. The average Bonchev–Trinajstić information content (AvgIpc) is 2.94. The Kier molecular flexibility index (Phi) is 4.91. The van der Waals surface area contributed by atoms with Crippen LogP contribution in [0.2, 0.25) is 0 Å². The van der Waals surface area contributed by atoms with Gasteiger partial charge in [-0.25, -0.2) is 0 Å². The molecule has 5 nitrogen and oxygen atoms in total. The number of aliphatic hydroxyl groups is 1. The van der Waals surface area contributed by atoms with Gasteiger partial charge < -0.3 is 14.7 Å². The first kappa shape index (κ1) is 18.5. The van der Waals surface area contributed by atoms with E-state index in [2.05, 4.69) is 36.6 Å². The van der Waals surface area contributed by atoms with Crippen LogP contribution >= 0.6 is 0 Å². The predicted molar refractivity (Wildman–Crippen MR) is 101 cm³/mol. The summed E-state index contributed by atoms with van der Waals surface area (Å²) in [5, 5.41) is 11.4. The molecule has 6 atom stereocenters. The van der Waals surface area contributed by atoms with Gasteiger partial charge in [0.05, 0.1) is 12.0 Å². The number of hydrogen-bond donors (Lipinski definition) is 1. The maximum absolute atomic E-state index is 12.7. The van der Waals surface area contributed by atoms with E-state index in [1.54, 1.807) is 0 Å². The van der Waals surface area contributed by atoms with Crippen molar-refractivity contribution < 1.29 is 14.6 Å². The van der Waals surface area contributed by atoms with Crippen molar-refractivity contribution in [1.29, 1.82) is 0 Å². The van der Waals surface area contributed by atoms with Crippen molar-refractivity contribution >= 4 is 5.97 Å². The molecule has 0 spiro atoms. The van der Waals surface area contributed by atoms with Crippen LogP contribution in [0, 0.1) is 23.2 Å². The number of rotatable bonds is 3. The lowest BCUT2D eigenvalue weighted by Crippen LogP contribution is -2.55. The fourth-order valence-corrected chi connectivity index (χ4v) is 5.84. The van der Waals surface area contributed by atoms with Crippen LogP contribution in [0.5, 0.6) is 0 Å². The van der Waals surface area contributed by atoms with Crippen LogP contribution in [0.1, 0.15) is 40.0 Å². The summed E-state index contributed by atoms with van der Waals surface area (Å²) in [6.45, 7) is 12.6. The van der Waals surface area contributed by atoms with Crippen LogP contribution < -0.4 is 0 Å². The second kappa shape index (κ2) is 6.92. The van der Waals surface area contributed by atoms with Crippen molar-refractivity contribution in [2.75, 3.05) is 39.3 Å². The molecule has 0 aromatic carbocycles. The number of piperazine rings is 1. The number of ether oxygens (including phenoxy) is 1. The summed E-state index contributed by atoms with van der Waals surface area (Å²) in [4.78, 5) is 17.5. The molecule has 4 aliphatic rings. The van der Waals surface area contributed by atoms with Gasteiger partial charge in [0, 0.05) is 50.5 Å². The highest BCUT2D eigenvalue weighted by molar-refractivity contribution is 5.76. The van der Waals surface area contributed by atoms with Crippen LogP contribution in [-0.4, -0.2) is 72.4 Å². The third-order valence-electron chi connectivity index (χ3n) is 7.94. The monoisotopic (exact) mass is 362 g/mol. The van der Waals surface area contributed by atoms with Crippen LogP contribution in [0.15, 0.2) is 11.6 Å². The van der Waals surface area contributed by atoms with Gasteiger partial charge in [-0.3, -0.25) is 9.69 Å². The van der Waals surface area contributed by atoms with Crippen molar-refractivity contribution in [2.45, 2.75) is 52.2 Å². The van der Waals surface area contributed by atoms with Gasteiger partial charge in [0.25, 0.3) is 0 Å². The lowest BCUT2D eigenvalue weighted by molar-refractivity contribution is -0.145. The van der Waals surface area contributed by atoms with Gasteiger partial charge in [-0.2, -0.15) is 0 Å². The number of aliphatic hydroxyl groups excluding tert-OH is 1. The number of nitrogens with zero attached hydrogens (tertiary/aromatic N) is 2. The summed E-state index contributed by atoms with van der Waals surface area (Å²) < 4.78 is 5.78. The molecule has 0 radical (unpaired) electrons. The number of hydrogen-bond acceptors (Lipinski definition) is 5. The molecular formula is C21H34N2O3. The van der Waals surface area contributed by atoms with E-state index in [-0.39, 0.29) is 29.3 Å². The fourth-order valence-electron chi connectivity index (χ4n) is 5.84. The van der Waals surface area contributed by atoms with Crippen molar-refractivity contribution in [1.82, 2.24) is 9.80 Å². The van der Waals surface area contributed by atoms with Crippen molar-refractivity contribution in [3.8, 4) is 0 Å². The van der Waals surface area contributed by atoms with Gasteiger partial charge in [-0.1, -0.05) is 32.4 Å². The molecule has 2 aliphatic carbocycles. The van der Waals surface area contributed by atoms with Crippen molar-refractivity contribution in [3.05, 3.63) is 11.6 Å². The zero-order chi connectivity index (χ0) is 18.5. The molecule has 1 saturated carbocycles. The van der Waals surface area contributed by atoms with E-state index >= 15 is 0 Å². The Labute approximate surface area is 157 Å². The molecule has 4 rings (SSSR count). The molecule has 26 heavy (non-hydrogen) atoms. The van der Waals surface area contributed by atoms with Gasteiger partial charge in [0.1, 0.15) is 6.10 Å². The molecule has 2 saturated heterocycles. The van der Waals surface area contributed by atoms with Gasteiger partial charge in [0.2, 0.25) is 0 Å². The third kappa shape index (κ3) is 2.83. The molecule has 0 amide bonds. The molecule has 3 fully saturated rings. The molecule has 2 heterocycles. The Morgan fingerprint density at radius 3 is 2.65 bits per heavy atom. The highest BCUT2D eigenvalue weighted by atomic mass is 16.6. The van der Waals surface area contributed by atoms with E-state index in [1.807, 2.05) is 0 Å². The Balaban J connectivity index is 1.52. The number of carbonyl (C=O) groups is 1. The highest BCUT2D eigenvalue weighted by Gasteiger charge is 2.59. The number of likely N-dealkylation sites (N-methyl/N-ethyl adjacent to an activating group) is 1. The van der Waals surface area contributed by atoms with E-state index in [1.165, 1.54) is 5.57 Å². The highest BCUT2D eigenvalue weighted by Crippen LogP contribution is 2.56. The topological polar surface area (TPSA) is 53.0 Å². The molecule has 1 N–H and O–H groups in total. The fraction of sp³-hybridized carbons (Fsp3) is 0.857. The first-order valence-corrected chi connectivity index (χ1v) is 10.5. The molecule has 0 unspecified atom stereocenters. The lowest BCUT2D eigenvalue weighted by atomic mass is 9.55. The van der Waals surface area contributed by atoms with Crippen LogP contribution in [-0.2, 0) is 9.53 Å². The summed E-state index contributed by atoms with van der Waals surface area (Å²) in [7, 11) is 0. The normalized spacial score (nSPS) is 44.2. The molecule has 5 heteroatoms. The summed E-state index contributed by atoms with van der Waals surface area (Å²) >= 11 is 0. The van der Waals surface area contributed by atoms with Crippen LogP contribution in [0.25, 0.3) is 0 Å². The standard InChI is InChI=1S/C21H34N2O3/c1-4-22-8-10-23(11-9-22)13-16-18-17(26-20(16)25)12-15-7-5-6-14(2)21(15,3)19(18)24/h7,14,16-19,24H,4-6,8-13H2,1-3H3/t14-,16-,17-,18-,19-,21-/m1/s1. The molecule has 2 aliphatic heterocycles. The smallest absolute Gasteiger partial charge is 0.311 e. The van der Waals surface area contributed by atoms with Gasteiger partial charge >= 0.3 is 5.97 Å². The van der Waals surface area contributed by atoms with Crippen LogP contribution in [0.4, 0.5) is 0 Å². The van der Waals surface area contributed by atoms with Gasteiger partial charge in [-0.05, 0) is 25.3 Å². The second-order valence-corrected chi connectivity index (χ2v) is 9.03. The van der Waals surface area contributed by atoms with E-state index in [9.17, 15) is 9.90 Å². The second-order valence-electron chi connectivity index (χ2n) is 9.03. The van der Waals surface area contributed by atoms with Crippen molar-refractivity contribution in [2.24, 2.45) is 23.2 Å². The average molecular weight is 363 g/mol. The largest absolute Gasteiger partial charge is 0.461 e. The number of fused-ring (bicyclic) bond motifs is 2. The first-order chi connectivity index (χ1) is 12.4. The maximum atomic E-state index is 12.7. The molecule has 0 bridgehead atoms. The number of carbonyl (C=O) groups excluding carboxylic acids is 1. The molecule has 146 valence electrons. The molecular weight excluding hydrogens is 328 g/mol. The molecule has 0 aromatic rings. The van der Waals surface area contributed by atoms with Crippen LogP contribution in [0.3, 0.4) is 0 Å². The van der Waals surface area contributed by atoms with E-state index in [4.69, 9.17) is 4.74 Å². The Hall–Kier alpha value is -0.910. The zero-order valence-electron chi connectivity index (χ0n) is 16.5. The van der Waals surface area contributed by atoms with Gasteiger partial charge in [0.15, 0.2) is 0 Å².